The summed E-state index contributed by atoms with van der Waals surface area (Å²) in [7, 11) is 0. The normalized spacial score (nSPS) is 17.4. The molecule has 10 nitrogen and oxygen atoms in total. The molecule has 0 radical (unpaired) electrons. The first kappa shape index (κ1) is 30.2. The molecule has 1 aromatic heterocycles. The number of halogens is 1. The first-order valence-corrected chi connectivity index (χ1v) is 14.6. The van der Waals surface area contributed by atoms with E-state index in [-0.39, 0.29) is 6.04 Å². The van der Waals surface area contributed by atoms with Crippen LogP contribution in [0.1, 0.15) is 12.5 Å². The number of pyridine rings is 1. The molecular formula is C32H35ClN6O4. The van der Waals surface area contributed by atoms with Crippen molar-refractivity contribution in [2.24, 2.45) is 0 Å². The highest BCUT2D eigenvalue weighted by molar-refractivity contribution is 6.32. The van der Waals surface area contributed by atoms with Crippen LogP contribution in [0.25, 0.3) is 10.9 Å². The summed E-state index contributed by atoms with van der Waals surface area (Å²) in [6, 6.07) is 11.3. The lowest BCUT2D eigenvalue weighted by molar-refractivity contribution is 0.0433. The molecule has 0 aliphatic carbocycles. The number of allylic oxidation sites excluding steroid dienone is 2. The third kappa shape index (κ3) is 7.97. The lowest BCUT2D eigenvalue weighted by atomic mass is 10.1. The largest absolute Gasteiger partial charge is 0.492 e. The third-order valence-electron chi connectivity index (χ3n) is 6.96. The highest BCUT2D eigenvalue weighted by Gasteiger charge is 2.16. The lowest BCUT2D eigenvalue weighted by Gasteiger charge is -2.25. The number of morpholine rings is 1. The van der Waals surface area contributed by atoms with Crippen LogP contribution in [0.3, 0.4) is 0 Å². The van der Waals surface area contributed by atoms with E-state index in [0.717, 1.165) is 32.8 Å². The second-order valence-electron chi connectivity index (χ2n) is 9.99. The fourth-order valence-electron chi connectivity index (χ4n) is 4.77. The van der Waals surface area contributed by atoms with E-state index in [0.29, 0.717) is 63.3 Å². The Morgan fingerprint density at radius 2 is 2.09 bits per heavy atom. The first-order valence-electron chi connectivity index (χ1n) is 14.2. The maximum Gasteiger partial charge on any atom is 0.144 e. The monoisotopic (exact) mass is 602 g/mol. The number of anilines is 3. The van der Waals surface area contributed by atoms with Gasteiger partial charge in [0, 0.05) is 43.0 Å². The fraction of sp³-hybridized carbons (Fsp3) is 0.312. The maximum atomic E-state index is 10.8. The number of nitrogens with zero attached hydrogens (tertiary/aromatic N) is 3. The number of rotatable bonds is 12. The van der Waals surface area contributed by atoms with Crippen LogP contribution in [0.2, 0.25) is 5.02 Å². The van der Waals surface area contributed by atoms with E-state index in [4.69, 9.17) is 25.8 Å². The molecule has 2 aliphatic rings. The Kier molecular flexibility index (Phi) is 10.4. The van der Waals surface area contributed by atoms with Crippen LogP contribution in [0.5, 0.6) is 11.5 Å². The van der Waals surface area contributed by atoms with Gasteiger partial charge in [-0.2, -0.15) is 5.26 Å². The molecule has 11 heteroatoms. The van der Waals surface area contributed by atoms with Crippen molar-refractivity contribution in [2.45, 2.75) is 19.2 Å². The zero-order chi connectivity index (χ0) is 30.0. The number of hydrogen-bond acceptors (Lipinski definition) is 10. The van der Waals surface area contributed by atoms with Crippen molar-refractivity contribution in [1.29, 1.82) is 5.26 Å². The van der Waals surface area contributed by atoms with Crippen LogP contribution in [-0.4, -0.2) is 73.3 Å². The van der Waals surface area contributed by atoms with E-state index in [1.165, 1.54) is 6.20 Å². The SMILES string of the molecule is CCOc1cc2ncc(C#N)c(Nc3ccc(OCC4C=CC=CN4)c(Cl)c3)c2cc1NC(O)/C=C/CN1CCOCC1. The highest BCUT2D eigenvalue weighted by Crippen LogP contribution is 2.37. The number of aromatic nitrogens is 1. The maximum absolute atomic E-state index is 10.8. The summed E-state index contributed by atoms with van der Waals surface area (Å²) in [6.45, 7) is 6.64. The Morgan fingerprint density at radius 1 is 1.23 bits per heavy atom. The van der Waals surface area contributed by atoms with Crippen LogP contribution in [0.15, 0.2) is 73.1 Å². The van der Waals surface area contributed by atoms with E-state index < -0.39 is 6.23 Å². The minimum absolute atomic E-state index is 0.0587. The van der Waals surface area contributed by atoms with Crippen molar-refractivity contribution in [1.82, 2.24) is 15.2 Å². The molecule has 43 heavy (non-hydrogen) atoms. The average Bonchev–Trinajstić information content (AvgIpc) is 3.02. The molecule has 4 N–H and O–H groups in total. The van der Waals surface area contributed by atoms with Gasteiger partial charge in [0.05, 0.1) is 53.3 Å². The van der Waals surface area contributed by atoms with Crippen LogP contribution in [0, 0.1) is 11.3 Å². The van der Waals surface area contributed by atoms with Crippen LogP contribution in [0.4, 0.5) is 17.1 Å². The van der Waals surface area contributed by atoms with E-state index in [1.807, 2.05) is 49.6 Å². The number of nitrogens with one attached hydrogen (secondary N) is 3. The molecule has 2 aliphatic heterocycles. The Bertz CT molecular complexity index is 1550. The number of aliphatic hydroxyl groups excluding tert-OH is 1. The molecule has 0 bridgehead atoms. The molecule has 224 valence electrons. The third-order valence-corrected chi connectivity index (χ3v) is 7.25. The number of aliphatic hydroxyl groups is 1. The molecule has 5 rings (SSSR count). The van der Waals surface area contributed by atoms with Gasteiger partial charge in [0.15, 0.2) is 0 Å². The van der Waals surface area contributed by atoms with Crippen LogP contribution in [-0.2, 0) is 4.74 Å². The van der Waals surface area contributed by atoms with Gasteiger partial charge in [0.1, 0.15) is 30.4 Å². The second-order valence-corrected chi connectivity index (χ2v) is 10.4. The molecule has 2 aromatic carbocycles. The van der Waals surface area contributed by atoms with Crippen molar-refractivity contribution in [3.63, 3.8) is 0 Å². The number of ether oxygens (including phenoxy) is 3. The van der Waals surface area contributed by atoms with Crippen molar-refractivity contribution >= 4 is 39.6 Å². The Hall–Kier alpha value is -4.27. The quantitative estimate of drug-likeness (QED) is 0.167. The summed E-state index contributed by atoms with van der Waals surface area (Å²) < 4.78 is 17.2. The fourth-order valence-corrected chi connectivity index (χ4v) is 5.00. The molecule has 1 saturated heterocycles. The Labute approximate surface area is 256 Å². The predicted octanol–water partition coefficient (Wildman–Crippen LogP) is 4.94. The van der Waals surface area contributed by atoms with E-state index in [2.05, 4.69) is 31.9 Å². The molecule has 3 aromatic rings. The Balaban J connectivity index is 1.37. The zero-order valence-corrected chi connectivity index (χ0v) is 24.7. The summed E-state index contributed by atoms with van der Waals surface area (Å²) in [4.78, 5) is 6.75. The summed E-state index contributed by atoms with van der Waals surface area (Å²) in [5.41, 5.74) is 2.78. The van der Waals surface area contributed by atoms with Crippen molar-refractivity contribution < 1.29 is 19.3 Å². The number of nitriles is 1. The van der Waals surface area contributed by atoms with Gasteiger partial charge < -0.3 is 35.3 Å². The van der Waals surface area contributed by atoms with Crippen LogP contribution >= 0.6 is 11.6 Å². The smallest absolute Gasteiger partial charge is 0.144 e. The van der Waals surface area contributed by atoms with Gasteiger partial charge in [0.25, 0.3) is 0 Å². The molecule has 2 unspecified atom stereocenters. The van der Waals surface area contributed by atoms with Gasteiger partial charge in [-0.25, -0.2) is 0 Å². The minimum Gasteiger partial charge on any atom is -0.492 e. The number of benzene rings is 2. The van der Waals surface area contributed by atoms with Gasteiger partial charge in [0.2, 0.25) is 0 Å². The second kappa shape index (κ2) is 14.8. The molecule has 0 amide bonds. The molecule has 0 spiro atoms. The van der Waals surface area contributed by atoms with Crippen LogP contribution < -0.4 is 25.4 Å². The number of fused-ring (bicyclic) bond motifs is 1. The van der Waals surface area contributed by atoms with E-state index >= 15 is 0 Å². The predicted molar refractivity (Wildman–Crippen MR) is 169 cm³/mol. The summed E-state index contributed by atoms with van der Waals surface area (Å²) >= 11 is 6.57. The summed E-state index contributed by atoms with van der Waals surface area (Å²) in [5.74, 6) is 1.10. The number of hydrogen-bond donors (Lipinski definition) is 4. The molecule has 3 heterocycles. The van der Waals surface area contributed by atoms with E-state index in [1.54, 1.807) is 24.3 Å². The van der Waals surface area contributed by atoms with Gasteiger partial charge in [-0.1, -0.05) is 29.8 Å². The molecule has 2 atom stereocenters. The summed E-state index contributed by atoms with van der Waals surface area (Å²) in [5, 5.41) is 31.5. The van der Waals surface area contributed by atoms with Crippen molar-refractivity contribution in [3.05, 3.63) is 83.7 Å². The minimum atomic E-state index is -0.956. The van der Waals surface area contributed by atoms with Gasteiger partial charge in [-0.05, 0) is 49.5 Å². The van der Waals surface area contributed by atoms with Gasteiger partial charge in [-0.15, -0.1) is 0 Å². The standard InChI is InChI=1S/C32H35ClN6O4/c1-2-42-30-18-27-25(17-28(30)38-31(40)7-5-11-39-12-14-41-15-13-39)32(22(19-34)20-36-27)37-23-8-9-29(26(33)16-23)43-21-24-6-3-4-10-35-24/h3-10,16-18,20,24,31,35,38,40H,2,11-15,21H2,1H3,(H,36,37)/b7-5+. The van der Waals surface area contributed by atoms with Gasteiger partial charge in [-0.3, -0.25) is 9.88 Å². The van der Waals surface area contributed by atoms with Crippen molar-refractivity contribution in [3.8, 4) is 17.6 Å². The Morgan fingerprint density at radius 3 is 2.84 bits per heavy atom. The van der Waals surface area contributed by atoms with Crippen molar-refractivity contribution in [2.75, 3.05) is 56.7 Å². The highest BCUT2D eigenvalue weighted by atomic mass is 35.5. The molecular weight excluding hydrogens is 568 g/mol. The molecule has 0 saturated carbocycles. The zero-order valence-electron chi connectivity index (χ0n) is 23.9. The number of dihydropyridines is 1. The molecule has 1 fully saturated rings. The topological polar surface area (TPSA) is 124 Å². The average molecular weight is 603 g/mol. The first-order chi connectivity index (χ1) is 21.0. The lowest BCUT2D eigenvalue weighted by Crippen LogP contribution is -2.36. The van der Waals surface area contributed by atoms with Gasteiger partial charge >= 0.3 is 0 Å². The summed E-state index contributed by atoms with van der Waals surface area (Å²) in [6.07, 6.45) is 12.0. The van der Waals surface area contributed by atoms with E-state index in [9.17, 15) is 10.4 Å².